The normalized spacial score (nSPS) is 10.4. The molecule has 0 saturated carbocycles. The van der Waals surface area contributed by atoms with Gasteiger partial charge in [-0.1, -0.05) is 78.3 Å². The van der Waals surface area contributed by atoms with Crippen LogP contribution < -0.4 is 10.1 Å². The van der Waals surface area contributed by atoms with Crippen molar-refractivity contribution in [3.63, 3.8) is 0 Å². The number of carbonyl (C=O) groups excluding carboxylic acids is 1. The van der Waals surface area contributed by atoms with E-state index in [2.05, 4.69) is 5.32 Å². The summed E-state index contributed by atoms with van der Waals surface area (Å²) in [6, 6.07) is 32.6. The summed E-state index contributed by atoms with van der Waals surface area (Å²) < 4.78 is 5.88. The molecule has 148 valence electrons. The molecule has 1 amide bonds. The van der Waals surface area contributed by atoms with Crippen molar-refractivity contribution in [3.05, 3.63) is 119 Å². The molecular weight excluding hydrogens is 394 g/mol. The monoisotopic (exact) mass is 413 g/mol. The third-order valence-corrected chi connectivity index (χ3v) is 4.98. The van der Waals surface area contributed by atoms with Crippen LogP contribution in [0.2, 0.25) is 5.02 Å². The third kappa shape index (κ3) is 4.88. The zero-order valence-electron chi connectivity index (χ0n) is 16.2. The highest BCUT2D eigenvalue weighted by atomic mass is 35.5. The van der Waals surface area contributed by atoms with Crippen LogP contribution in [0.5, 0.6) is 5.75 Å². The molecule has 4 aromatic carbocycles. The molecule has 0 fully saturated rings. The van der Waals surface area contributed by atoms with Crippen molar-refractivity contribution < 1.29 is 9.53 Å². The lowest BCUT2D eigenvalue weighted by Gasteiger charge is -2.11. The number of nitrogens with one attached hydrogen (secondary N) is 1. The number of amides is 1. The number of halogens is 1. The van der Waals surface area contributed by atoms with E-state index in [9.17, 15) is 4.79 Å². The van der Waals surface area contributed by atoms with Gasteiger partial charge in [0.25, 0.3) is 5.91 Å². The smallest absolute Gasteiger partial charge is 0.255 e. The first-order valence-corrected chi connectivity index (χ1v) is 10.00. The van der Waals surface area contributed by atoms with Crippen LogP contribution >= 0.6 is 11.6 Å². The number of benzene rings is 4. The number of hydrogen-bond acceptors (Lipinski definition) is 2. The van der Waals surface area contributed by atoms with E-state index in [4.69, 9.17) is 16.3 Å². The summed E-state index contributed by atoms with van der Waals surface area (Å²) in [5.41, 5.74) is 4.46. The van der Waals surface area contributed by atoms with Gasteiger partial charge in [-0.2, -0.15) is 0 Å². The summed E-state index contributed by atoms with van der Waals surface area (Å²) in [4.78, 5) is 12.3. The van der Waals surface area contributed by atoms with Crippen molar-refractivity contribution in [1.82, 2.24) is 0 Å². The summed E-state index contributed by atoms with van der Waals surface area (Å²) in [7, 11) is 0. The largest absolute Gasteiger partial charge is 0.487 e. The van der Waals surface area contributed by atoms with Gasteiger partial charge in [-0.05, 0) is 53.1 Å². The Kier molecular flexibility index (Phi) is 6.11. The van der Waals surface area contributed by atoms with Crippen LogP contribution in [0.25, 0.3) is 11.1 Å². The van der Waals surface area contributed by atoms with Crippen molar-refractivity contribution in [3.8, 4) is 16.9 Å². The third-order valence-electron chi connectivity index (χ3n) is 4.68. The molecule has 4 aromatic rings. The first-order chi connectivity index (χ1) is 14.7. The van der Waals surface area contributed by atoms with Crippen LogP contribution in [0.15, 0.2) is 103 Å². The Hall–Kier alpha value is -3.56. The Morgan fingerprint density at radius 3 is 2.10 bits per heavy atom. The van der Waals surface area contributed by atoms with Crippen LogP contribution in [-0.2, 0) is 6.61 Å². The molecule has 3 nitrogen and oxygen atoms in total. The van der Waals surface area contributed by atoms with E-state index in [1.54, 1.807) is 12.1 Å². The van der Waals surface area contributed by atoms with Gasteiger partial charge in [0.1, 0.15) is 12.4 Å². The number of anilines is 1. The van der Waals surface area contributed by atoms with Gasteiger partial charge in [0, 0.05) is 11.3 Å². The van der Waals surface area contributed by atoms with Crippen LogP contribution in [0.4, 0.5) is 5.69 Å². The number of ether oxygens (including phenoxy) is 1. The van der Waals surface area contributed by atoms with E-state index >= 15 is 0 Å². The van der Waals surface area contributed by atoms with Gasteiger partial charge >= 0.3 is 0 Å². The highest BCUT2D eigenvalue weighted by molar-refractivity contribution is 6.32. The Labute approximate surface area is 180 Å². The summed E-state index contributed by atoms with van der Waals surface area (Å²) in [5.74, 6) is 0.482. The van der Waals surface area contributed by atoms with E-state index in [1.807, 2.05) is 91.0 Å². The molecule has 1 N–H and O–H groups in total. The minimum atomic E-state index is -0.145. The molecule has 0 spiro atoms. The van der Waals surface area contributed by atoms with E-state index in [0.29, 0.717) is 22.9 Å². The van der Waals surface area contributed by atoms with Crippen LogP contribution in [0.1, 0.15) is 15.9 Å². The average Bonchev–Trinajstić information content (AvgIpc) is 2.80. The van der Waals surface area contributed by atoms with Crippen molar-refractivity contribution in [2.75, 3.05) is 5.32 Å². The fourth-order valence-corrected chi connectivity index (χ4v) is 3.30. The van der Waals surface area contributed by atoms with Crippen molar-refractivity contribution in [2.45, 2.75) is 6.61 Å². The van der Waals surface area contributed by atoms with Gasteiger partial charge in [0.15, 0.2) is 0 Å². The topological polar surface area (TPSA) is 38.3 Å². The van der Waals surface area contributed by atoms with Gasteiger partial charge in [-0.3, -0.25) is 4.79 Å². The van der Waals surface area contributed by atoms with Gasteiger partial charge < -0.3 is 10.1 Å². The number of hydrogen-bond donors (Lipinski definition) is 1. The standard InChI is InChI=1S/C26H20ClNO2/c27-24-17-22(20-7-3-1-4-8-20)15-16-25(24)30-18-19-11-13-21(14-12-19)26(29)28-23-9-5-2-6-10-23/h1-17H,18H2,(H,28,29). The van der Waals surface area contributed by atoms with Crippen molar-refractivity contribution >= 4 is 23.2 Å². The summed E-state index contributed by atoms with van der Waals surface area (Å²) in [6.07, 6.45) is 0. The fraction of sp³-hybridized carbons (Fsp3) is 0.0385. The minimum absolute atomic E-state index is 0.145. The quantitative estimate of drug-likeness (QED) is 0.376. The number of para-hydroxylation sites is 1. The van der Waals surface area contributed by atoms with Crippen molar-refractivity contribution in [1.29, 1.82) is 0 Å². The molecule has 4 rings (SSSR count). The predicted octanol–water partition coefficient (Wildman–Crippen LogP) is 6.84. The molecule has 0 radical (unpaired) electrons. The molecule has 0 aliphatic carbocycles. The average molecular weight is 414 g/mol. The summed E-state index contributed by atoms with van der Waals surface area (Å²) in [6.45, 7) is 0.366. The lowest BCUT2D eigenvalue weighted by Crippen LogP contribution is -2.11. The first kappa shape index (κ1) is 19.7. The molecule has 0 saturated heterocycles. The van der Waals surface area contributed by atoms with Crippen molar-refractivity contribution in [2.24, 2.45) is 0 Å². The second-order valence-corrected chi connectivity index (χ2v) is 7.22. The maximum atomic E-state index is 12.3. The molecular formula is C26H20ClNO2. The summed E-state index contributed by atoms with van der Waals surface area (Å²) in [5, 5.41) is 3.44. The van der Waals surface area contributed by atoms with E-state index in [1.165, 1.54) is 0 Å². The van der Waals surface area contributed by atoms with E-state index in [0.717, 1.165) is 22.4 Å². The molecule has 0 bridgehead atoms. The Morgan fingerprint density at radius 2 is 1.43 bits per heavy atom. The van der Waals surface area contributed by atoms with Gasteiger partial charge in [-0.15, -0.1) is 0 Å². The zero-order valence-corrected chi connectivity index (χ0v) is 17.0. The molecule has 30 heavy (non-hydrogen) atoms. The molecule has 0 aliphatic rings. The molecule has 0 aromatic heterocycles. The summed E-state index contributed by atoms with van der Waals surface area (Å²) >= 11 is 6.41. The SMILES string of the molecule is O=C(Nc1ccccc1)c1ccc(COc2ccc(-c3ccccc3)cc2Cl)cc1. The highest BCUT2D eigenvalue weighted by Gasteiger charge is 2.08. The second-order valence-electron chi connectivity index (χ2n) is 6.82. The molecule has 0 aliphatic heterocycles. The lowest BCUT2D eigenvalue weighted by molar-refractivity contribution is 0.102. The number of carbonyl (C=O) groups is 1. The molecule has 0 unspecified atom stereocenters. The Balaban J connectivity index is 1.38. The van der Waals surface area contributed by atoms with Gasteiger partial charge in [-0.25, -0.2) is 0 Å². The Morgan fingerprint density at radius 1 is 0.767 bits per heavy atom. The fourth-order valence-electron chi connectivity index (χ4n) is 3.07. The lowest BCUT2D eigenvalue weighted by atomic mass is 10.1. The van der Waals surface area contributed by atoms with Crippen LogP contribution in [0, 0.1) is 0 Å². The van der Waals surface area contributed by atoms with E-state index < -0.39 is 0 Å². The maximum Gasteiger partial charge on any atom is 0.255 e. The van der Waals surface area contributed by atoms with Gasteiger partial charge in [0.05, 0.1) is 5.02 Å². The Bertz CT molecular complexity index is 1130. The number of rotatable bonds is 6. The molecule has 0 heterocycles. The second kappa shape index (κ2) is 9.29. The zero-order chi connectivity index (χ0) is 20.8. The van der Waals surface area contributed by atoms with Gasteiger partial charge in [0.2, 0.25) is 0 Å². The maximum absolute atomic E-state index is 12.3. The molecule has 4 heteroatoms. The van der Waals surface area contributed by atoms with Crippen LogP contribution in [0.3, 0.4) is 0 Å². The minimum Gasteiger partial charge on any atom is -0.487 e. The highest BCUT2D eigenvalue weighted by Crippen LogP contribution is 2.30. The molecule has 0 atom stereocenters. The predicted molar refractivity (Wildman–Crippen MR) is 122 cm³/mol. The van der Waals surface area contributed by atoms with Crippen LogP contribution in [-0.4, -0.2) is 5.91 Å². The first-order valence-electron chi connectivity index (χ1n) is 9.62. The van der Waals surface area contributed by atoms with E-state index in [-0.39, 0.29) is 5.91 Å².